The van der Waals surface area contributed by atoms with Gasteiger partial charge in [-0.3, -0.25) is 9.97 Å². The highest BCUT2D eigenvalue weighted by Crippen LogP contribution is 2.27. The van der Waals surface area contributed by atoms with E-state index in [9.17, 15) is 0 Å². The van der Waals surface area contributed by atoms with E-state index in [-0.39, 0.29) is 0 Å². The van der Waals surface area contributed by atoms with Gasteiger partial charge in [0.1, 0.15) is 11.5 Å². The van der Waals surface area contributed by atoms with Crippen molar-refractivity contribution in [3.63, 3.8) is 0 Å². The first-order valence-electron chi connectivity index (χ1n) is 8.98. The molecule has 138 valence electrons. The summed E-state index contributed by atoms with van der Waals surface area (Å²) >= 11 is 0. The predicted octanol–water partition coefficient (Wildman–Crippen LogP) is 5.49. The largest absolute Gasteiger partial charge is 0.497 e. The second-order valence-electron chi connectivity index (χ2n) is 6.33. The van der Waals surface area contributed by atoms with Crippen LogP contribution in [0.15, 0.2) is 85.2 Å². The molecule has 2 heterocycles. The molecule has 0 aliphatic rings. The van der Waals surface area contributed by atoms with Crippen LogP contribution in [0.5, 0.6) is 11.5 Å². The molecule has 4 heteroatoms. The van der Waals surface area contributed by atoms with Crippen molar-refractivity contribution in [3.05, 3.63) is 85.2 Å². The van der Waals surface area contributed by atoms with Crippen LogP contribution in [0.4, 0.5) is 0 Å². The lowest BCUT2D eigenvalue weighted by Crippen LogP contribution is -1.90. The van der Waals surface area contributed by atoms with Crippen LogP contribution in [0.2, 0.25) is 0 Å². The van der Waals surface area contributed by atoms with Crippen molar-refractivity contribution in [2.45, 2.75) is 0 Å². The highest BCUT2D eigenvalue weighted by atomic mass is 16.5. The van der Waals surface area contributed by atoms with Crippen LogP contribution in [-0.4, -0.2) is 24.2 Å². The Balaban J connectivity index is 1.57. The van der Waals surface area contributed by atoms with E-state index < -0.39 is 0 Å². The third kappa shape index (κ3) is 3.71. The Labute approximate surface area is 164 Å². The summed E-state index contributed by atoms with van der Waals surface area (Å²) in [4.78, 5) is 9.17. The standard InChI is InChI=1S/C24H20N2O2/c1-27-21-7-3-5-17(13-21)19-9-11-23(25-15-19)24-12-10-20(16-26-24)18-6-4-8-22(14-18)28-2/h3-16H,1-2H3. The van der Waals surface area contributed by atoms with E-state index in [2.05, 4.69) is 22.1 Å². The first-order chi connectivity index (χ1) is 13.8. The van der Waals surface area contributed by atoms with E-state index in [4.69, 9.17) is 9.47 Å². The normalized spacial score (nSPS) is 10.5. The molecule has 0 spiro atoms. The molecule has 2 aromatic heterocycles. The Hall–Kier alpha value is -3.66. The van der Waals surface area contributed by atoms with Gasteiger partial charge in [0.25, 0.3) is 0 Å². The van der Waals surface area contributed by atoms with Crippen LogP contribution < -0.4 is 9.47 Å². The van der Waals surface area contributed by atoms with Crippen molar-refractivity contribution in [1.29, 1.82) is 0 Å². The molecule has 4 rings (SSSR count). The number of hydrogen-bond acceptors (Lipinski definition) is 4. The lowest BCUT2D eigenvalue weighted by Gasteiger charge is -2.07. The summed E-state index contributed by atoms with van der Waals surface area (Å²) in [6, 6.07) is 24.0. The molecular formula is C24H20N2O2. The molecule has 0 unspecified atom stereocenters. The average Bonchev–Trinajstić information content (AvgIpc) is 2.79. The van der Waals surface area contributed by atoms with Gasteiger partial charge in [-0.15, -0.1) is 0 Å². The van der Waals surface area contributed by atoms with E-state index in [1.807, 2.05) is 73.1 Å². The first kappa shape index (κ1) is 17.7. The summed E-state index contributed by atoms with van der Waals surface area (Å²) in [6.07, 6.45) is 3.73. The third-order valence-corrected chi connectivity index (χ3v) is 4.60. The second kappa shape index (κ2) is 7.92. The molecule has 28 heavy (non-hydrogen) atoms. The molecule has 0 amide bonds. The predicted molar refractivity (Wildman–Crippen MR) is 111 cm³/mol. The molecule has 0 radical (unpaired) electrons. The molecule has 4 aromatic rings. The number of pyridine rings is 2. The minimum Gasteiger partial charge on any atom is -0.497 e. The van der Waals surface area contributed by atoms with E-state index in [0.717, 1.165) is 45.1 Å². The molecule has 0 saturated carbocycles. The fourth-order valence-electron chi connectivity index (χ4n) is 3.04. The van der Waals surface area contributed by atoms with Gasteiger partial charge in [0.15, 0.2) is 0 Å². The molecule has 0 aliphatic carbocycles. The van der Waals surface area contributed by atoms with Crippen LogP contribution in [0.1, 0.15) is 0 Å². The minimum absolute atomic E-state index is 0.830. The lowest BCUT2D eigenvalue weighted by atomic mass is 10.1. The van der Waals surface area contributed by atoms with Crippen LogP contribution in [0.3, 0.4) is 0 Å². The first-order valence-corrected chi connectivity index (χ1v) is 8.98. The number of ether oxygens (including phenoxy) is 2. The van der Waals surface area contributed by atoms with Crippen LogP contribution in [0.25, 0.3) is 33.6 Å². The Morgan fingerprint density at radius 1 is 0.536 bits per heavy atom. The number of methoxy groups -OCH3 is 2. The second-order valence-corrected chi connectivity index (χ2v) is 6.33. The summed E-state index contributed by atoms with van der Waals surface area (Å²) in [5.41, 5.74) is 5.89. The van der Waals surface area contributed by atoms with Crippen molar-refractivity contribution < 1.29 is 9.47 Å². The number of aromatic nitrogens is 2. The zero-order chi connectivity index (χ0) is 19.3. The molecule has 2 aromatic carbocycles. The highest BCUT2D eigenvalue weighted by molar-refractivity contribution is 5.69. The third-order valence-electron chi connectivity index (χ3n) is 4.60. The van der Waals surface area contributed by atoms with Crippen molar-refractivity contribution in [2.24, 2.45) is 0 Å². The summed E-state index contributed by atoms with van der Waals surface area (Å²) in [6.45, 7) is 0. The fourth-order valence-corrected chi connectivity index (χ4v) is 3.04. The van der Waals surface area contributed by atoms with Crippen molar-refractivity contribution in [3.8, 4) is 45.1 Å². The van der Waals surface area contributed by atoms with E-state index in [1.165, 1.54) is 0 Å². The molecule has 0 saturated heterocycles. The quantitative estimate of drug-likeness (QED) is 0.467. The summed E-state index contributed by atoms with van der Waals surface area (Å²) < 4.78 is 10.6. The van der Waals surface area contributed by atoms with Crippen molar-refractivity contribution in [1.82, 2.24) is 9.97 Å². The monoisotopic (exact) mass is 368 g/mol. The number of hydrogen-bond donors (Lipinski definition) is 0. The lowest BCUT2D eigenvalue weighted by molar-refractivity contribution is 0.415. The van der Waals surface area contributed by atoms with E-state index in [1.54, 1.807) is 14.2 Å². The number of benzene rings is 2. The van der Waals surface area contributed by atoms with Crippen LogP contribution in [0, 0.1) is 0 Å². The van der Waals surface area contributed by atoms with Gasteiger partial charge in [0, 0.05) is 23.5 Å². The maximum absolute atomic E-state index is 5.29. The van der Waals surface area contributed by atoms with Gasteiger partial charge in [-0.1, -0.05) is 36.4 Å². The van der Waals surface area contributed by atoms with Gasteiger partial charge in [-0.25, -0.2) is 0 Å². The van der Waals surface area contributed by atoms with Crippen molar-refractivity contribution >= 4 is 0 Å². The zero-order valence-corrected chi connectivity index (χ0v) is 15.8. The summed E-state index contributed by atoms with van der Waals surface area (Å²) in [5, 5.41) is 0. The zero-order valence-electron chi connectivity index (χ0n) is 15.8. The number of nitrogens with zero attached hydrogens (tertiary/aromatic N) is 2. The Morgan fingerprint density at radius 2 is 1.00 bits per heavy atom. The van der Waals surface area contributed by atoms with Gasteiger partial charge in [0.05, 0.1) is 25.6 Å². The molecule has 0 bridgehead atoms. The molecule has 0 atom stereocenters. The fraction of sp³-hybridized carbons (Fsp3) is 0.0833. The Bertz CT molecular complexity index is 985. The average molecular weight is 368 g/mol. The van der Waals surface area contributed by atoms with Crippen LogP contribution in [-0.2, 0) is 0 Å². The van der Waals surface area contributed by atoms with Gasteiger partial charge in [-0.2, -0.15) is 0 Å². The minimum atomic E-state index is 0.830. The molecule has 0 N–H and O–H groups in total. The molecule has 0 aliphatic heterocycles. The summed E-state index contributed by atoms with van der Waals surface area (Å²) in [5.74, 6) is 1.66. The highest BCUT2D eigenvalue weighted by Gasteiger charge is 2.06. The molecule has 4 nitrogen and oxygen atoms in total. The Kier molecular flexibility index (Phi) is 5.02. The van der Waals surface area contributed by atoms with Gasteiger partial charge < -0.3 is 9.47 Å². The van der Waals surface area contributed by atoms with Crippen LogP contribution >= 0.6 is 0 Å². The Morgan fingerprint density at radius 3 is 1.36 bits per heavy atom. The number of rotatable bonds is 5. The summed E-state index contributed by atoms with van der Waals surface area (Å²) in [7, 11) is 3.34. The maximum Gasteiger partial charge on any atom is 0.119 e. The smallest absolute Gasteiger partial charge is 0.119 e. The van der Waals surface area contributed by atoms with Gasteiger partial charge in [-0.05, 0) is 47.5 Å². The van der Waals surface area contributed by atoms with E-state index in [0.29, 0.717) is 0 Å². The topological polar surface area (TPSA) is 44.2 Å². The van der Waals surface area contributed by atoms with Crippen molar-refractivity contribution in [2.75, 3.05) is 14.2 Å². The van der Waals surface area contributed by atoms with E-state index >= 15 is 0 Å². The molecule has 0 fully saturated rings. The molecular weight excluding hydrogens is 348 g/mol. The SMILES string of the molecule is COc1cccc(-c2ccc(-c3ccc(-c4cccc(OC)c4)cn3)nc2)c1. The van der Waals surface area contributed by atoms with Gasteiger partial charge >= 0.3 is 0 Å². The maximum atomic E-state index is 5.29. The van der Waals surface area contributed by atoms with Gasteiger partial charge in [0.2, 0.25) is 0 Å².